The first-order valence-corrected chi connectivity index (χ1v) is 8.00. The van der Waals surface area contributed by atoms with Gasteiger partial charge in [0.05, 0.1) is 12.7 Å². The zero-order valence-corrected chi connectivity index (χ0v) is 13.2. The minimum absolute atomic E-state index is 0.490. The van der Waals surface area contributed by atoms with Gasteiger partial charge in [-0.3, -0.25) is 0 Å². The summed E-state index contributed by atoms with van der Waals surface area (Å²) in [5.74, 6) is 0.825. The summed E-state index contributed by atoms with van der Waals surface area (Å²) >= 11 is 5.08. The lowest BCUT2D eigenvalue weighted by Gasteiger charge is -2.12. The van der Waals surface area contributed by atoms with E-state index in [1.807, 2.05) is 35.7 Å². The van der Waals surface area contributed by atoms with Gasteiger partial charge in [0.25, 0.3) is 0 Å². The van der Waals surface area contributed by atoms with E-state index in [1.54, 1.807) is 11.3 Å². The molecule has 0 saturated carbocycles. The molecule has 0 bridgehead atoms. The van der Waals surface area contributed by atoms with E-state index >= 15 is 0 Å². The Labute approximate surface area is 126 Å². The van der Waals surface area contributed by atoms with Crippen LogP contribution in [0.3, 0.4) is 0 Å². The van der Waals surface area contributed by atoms with Crippen molar-refractivity contribution in [2.45, 2.75) is 25.9 Å². The van der Waals surface area contributed by atoms with Crippen LogP contribution in [-0.2, 0) is 6.42 Å². The summed E-state index contributed by atoms with van der Waals surface area (Å²) in [7, 11) is 0. The molecule has 0 spiro atoms. The Bertz CT molecular complexity index is 524. The van der Waals surface area contributed by atoms with E-state index < -0.39 is 6.10 Å². The van der Waals surface area contributed by atoms with Crippen LogP contribution in [0, 0.1) is 0 Å². The van der Waals surface area contributed by atoms with E-state index in [2.05, 4.69) is 22.9 Å². The van der Waals surface area contributed by atoms with Crippen molar-refractivity contribution in [3.8, 4) is 5.75 Å². The average Bonchev–Trinajstić information content (AvgIpc) is 2.82. The Kier molecular flexibility index (Phi) is 5.43. The van der Waals surface area contributed by atoms with Crippen molar-refractivity contribution >= 4 is 27.3 Å². The van der Waals surface area contributed by atoms with Gasteiger partial charge in [0.1, 0.15) is 5.75 Å². The molecule has 0 saturated heterocycles. The van der Waals surface area contributed by atoms with Gasteiger partial charge in [-0.25, -0.2) is 0 Å². The third-order valence-electron chi connectivity index (χ3n) is 2.73. The van der Waals surface area contributed by atoms with E-state index in [0.29, 0.717) is 13.0 Å². The molecule has 2 nitrogen and oxygen atoms in total. The van der Waals surface area contributed by atoms with Crippen LogP contribution in [0.15, 0.2) is 40.2 Å². The minimum atomic E-state index is -0.490. The molecule has 1 unspecified atom stereocenters. The second kappa shape index (κ2) is 7.08. The van der Waals surface area contributed by atoms with Crippen LogP contribution in [0.4, 0.5) is 0 Å². The summed E-state index contributed by atoms with van der Waals surface area (Å²) in [6.07, 6.45) is 1.12. The number of hydrogen-bond donors (Lipinski definition) is 1. The van der Waals surface area contributed by atoms with Crippen molar-refractivity contribution in [1.29, 1.82) is 0 Å². The Hall–Kier alpha value is -0.840. The predicted octanol–water partition coefficient (Wildman–Crippen LogP) is 4.58. The van der Waals surface area contributed by atoms with E-state index in [-0.39, 0.29) is 0 Å². The average molecular weight is 341 g/mol. The van der Waals surface area contributed by atoms with Gasteiger partial charge < -0.3 is 9.84 Å². The van der Waals surface area contributed by atoms with E-state index in [0.717, 1.165) is 22.2 Å². The van der Waals surface area contributed by atoms with Crippen LogP contribution in [0.5, 0.6) is 5.75 Å². The van der Waals surface area contributed by atoms with Gasteiger partial charge in [-0.2, -0.15) is 0 Å². The predicted molar refractivity (Wildman–Crippen MR) is 82.9 cm³/mol. The van der Waals surface area contributed by atoms with Crippen molar-refractivity contribution in [2.75, 3.05) is 6.61 Å². The fraction of sp³-hybridized carbons (Fsp3) is 0.333. The lowest BCUT2D eigenvalue weighted by molar-refractivity contribution is 0.179. The number of ether oxygens (including phenoxy) is 1. The van der Waals surface area contributed by atoms with Crippen molar-refractivity contribution in [3.05, 3.63) is 50.6 Å². The molecular formula is C15H17BrO2S. The standard InChI is InChI=1S/C15H17BrO2S/c1-2-6-18-13-5-3-4-11(7-13)15(17)9-14-8-12(16)10-19-14/h3-5,7-8,10,15,17H,2,6,9H2,1H3. The highest BCUT2D eigenvalue weighted by atomic mass is 79.9. The van der Waals surface area contributed by atoms with Crippen LogP contribution in [0.2, 0.25) is 0 Å². The third kappa shape index (κ3) is 4.34. The summed E-state index contributed by atoms with van der Waals surface area (Å²) in [4.78, 5) is 1.17. The maximum atomic E-state index is 10.3. The maximum Gasteiger partial charge on any atom is 0.119 e. The molecule has 1 aromatic heterocycles. The molecule has 2 aromatic rings. The largest absolute Gasteiger partial charge is 0.494 e. The fourth-order valence-electron chi connectivity index (χ4n) is 1.80. The van der Waals surface area contributed by atoms with Crippen LogP contribution < -0.4 is 4.74 Å². The normalized spacial score (nSPS) is 12.4. The Morgan fingerprint density at radius 1 is 1.37 bits per heavy atom. The molecule has 0 fully saturated rings. The first-order chi connectivity index (χ1) is 9.19. The molecule has 0 aliphatic heterocycles. The lowest BCUT2D eigenvalue weighted by atomic mass is 10.1. The summed E-state index contributed by atoms with van der Waals surface area (Å²) in [5, 5.41) is 12.3. The fourth-order valence-corrected chi connectivity index (χ4v) is 3.29. The molecule has 102 valence electrons. The topological polar surface area (TPSA) is 29.5 Å². The van der Waals surface area contributed by atoms with E-state index in [1.165, 1.54) is 4.88 Å². The number of hydrogen-bond acceptors (Lipinski definition) is 3. The molecule has 4 heteroatoms. The zero-order valence-electron chi connectivity index (χ0n) is 10.8. The van der Waals surface area contributed by atoms with Crippen molar-refractivity contribution < 1.29 is 9.84 Å². The quantitative estimate of drug-likeness (QED) is 0.834. The molecule has 1 atom stereocenters. The minimum Gasteiger partial charge on any atom is -0.494 e. The van der Waals surface area contributed by atoms with Gasteiger partial charge in [-0.1, -0.05) is 19.1 Å². The van der Waals surface area contributed by atoms with Crippen molar-refractivity contribution in [1.82, 2.24) is 0 Å². The van der Waals surface area contributed by atoms with Crippen LogP contribution in [0.25, 0.3) is 0 Å². The first-order valence-electron chi connectivity index (χ1n) is 6.32. The Balaban J connectivity index is 2.03. The summed E-state index contributed by atoms with van der Waals surface area (Å²) in [6, 6.07) is 9.75. The first kappa shape index (κ1) is 14.6. The highest BCUT2D eigenvalue weighted by molar-refractivity contribution is 9.10. The van der Waals surface area contributed by atoms with E-state index in [9.17, 15) is 5.11 Å². The van der Waals surface area contributed by atoms with Crippen molar-refractivity contribution in [2.24, 2.45) is 0 Å². The number of aliphatic hydroxyl groups is 1. The van der Waals surface area contributed by atoms with Crippen LogP contribution >= 0.6 is 27.3 Å². The van der Waals surface area contributed by atoms with Crippen molar-refractivity contribution in [3.63, 3.8) is 0 Å². The van der Waals surface area contributed by atoms with Gasteiger partial charge in [0, 0.05) is 21.2 Å². The summed E-state index contributed by atoms with van der Waals surface area (Å²) < 4.78 is 6.65. The smallest absolute Gasteiger partial charge is 0.119 e. The van der Waals surface area contributed by atoms with Crippen LogP contribution in [0.1, 0.15) is 29.9 Å². The zero-order chi connectivity index (χ0) is 13.7. The second-order valence-corrected chi connectivity index (χ2v) is 6.28. The molecule has 0 radical (unpaired) electrons. The summed E-state index contributed by atoms with van der Waals surface area (Å²) in [5.41, 5.74) is 0.901. The molecule has 19 heavy (non-hydrogen) atoms. The van der Waals surface area contributed by atoms with E-state index in [4.69, 9.17) is 4.74 Å². The number of halogens is 1. The monoisotopic (exact) mass is 340 g/mol. The summed E-state index contributed by atoms with van der Waals surface area (Å²) in [6.45, 7) is 2.78. The molecule has 1 N–H and O–H groups in total. The van der Waals surface area contributed by atoms with Gasteiger partial charge in [-0.15, -0.1) is 11.3 Å². The molecular weight excluding hydrogens is 324 g/mol. The SMILES string of the molecule is CCCOc1cccc(C(O)Cc2cc(Br)cs2)c1. The second-order valence-electron chi connectivity index (χ2n) is 4.37. The van der Waals surface area contributed by atoms with Gasteiger partial charge in [0.2, 0.25) is 0 Å². The number of benzene rings is 1. The molecule has 0 amide bonds. The molecule has 1 aromatic carbocycles. The maximum absolute atomic E-state index is 10.3. The Morgan fingerprint density at radius 3 is 2.89 bits per heavy atom. The molecule has 1 heterocycles. The highest BCUT2D eigenvalue weighted by Gasteiger charge is 2.11. The molecule has 0 aliphatic rings. The molecule has 2 rings (SSSR count). The van der Waals surface area contributed by atoms with Gasteiger partial charge in [-0.05, 0) is 46.1 Å². The van der Waals surface area contributed by atoms with Gasteiger partial charge >= 0.3 is 0 Å². The van der Waals surface area contributed by atoms with Gasteiger partial charge in [0.15, 0.2) is 0 Å². The number of rotatable bonds is 6. The lowest BCUT2D eigenvalue weighted by Crippen LogP contribution is -2.02. The highest BCUT2D eigenvalue weighted by Crippen LogP contribution is 2.27. The van der Waals surface area contributed by atoms with Crippen LogP contribution in [-0.4, -0.2) is 11.7 Å². The third-order valence-corrected chi connectivity index (χ3v) is 4.45. The Morgan fingerprint density at radius 2 is 2.21 bits per heavy atom. The molecule has 0 aliphatic carbocycles. The number of aliphatic hydroxyl groups excluding tert-OH is 1. The number of thiophene rings is 1.